The Morgan fingerprint density at radius 1 is 0.789 bits per heavy atom. The Morgan fingerprint density at radius 3 is 1.82 bits per heavy atom. The zero-order chi connectivity index (χ0) is 27.4. The summed E-state index contributed by atoms with van der Waals surface area (Å²) >= 11 is 0. The first kappa shape index (κ1) is 26.9. The molecule has 0 spiro atoms. The fourth-order valence-electron chi connectivity index (χ4n) is 5.29. The SMILES string of the molecule is COCC(=O)N1C(C(=O)O)C(c2ccc(OC)cc2)C(C(=O)c2ccc(OC)cc2)C1c1ccc(C)cc1. The first-order valence-corrected chi connectivity index (χ1v) is 12.2. The molecule has 3 aromatic carbocycles. The van der Waals surface area contributed by atoms with Crippen molar-refractivity contribution in [1.82, 2.24) is 4.90 Å². The minimum absolute atomic E-state index is 0.266. The minimum Gasteiger partial charge on any atom is -0.497 e. The maximum atomic E-state index is 14.3. The molecule has 0 bridgehead atoms. The van der Waals surface area contributed by atoms with E-state index in [9.17, 15) is 19.5 Å². The Balaban J connectivity index is 1.96. The van der Waals surface area contributed by atoms with Crippen LogP contribution in [-0.2, 0) is 14.3 Å². The van der Waals surface area contributed by atoms with Crippen LogP contribution in [0.1, 0.15) is 39.0 Å². The summed E-state index contributed by atoms with van der Waals surface area (Å²) < 4.78 is 15.7. The molecule has 1 fully saturated rings. The molecule has 1 aliphatic heterocycles. The summed E-state index contributed by atoms with van der Waals surface area (Å²) in [7, 11) is 4.46. The monoisotopic (exact) mass is 517 g/mol. The number of aliphatic carboxylic acids is 1. The summed E-state index contributed by atoms with van der Waals surface area (Å²) in [6.45, 7) is 1.62. The van der Waals surface area contributed by atoms with Crippen molar-refractivity contribution in [1.29, 1.82) is 0 Å². The molecule has 1 saturated heterocycles. The zero-order valence-corrected chi connectivity index (χ0v) is 21.8. The molecule has 1 N–H and O–H groups in total. The van der Waals surface area contributed by atoms with Crippen molar-refractivity contribution >= 4 is 17.7 Å². The van der Waals surface area contributed by atoms with Gasteiger partial charge in [0, 0.05) is 18.6 Å². The van der Waals surface area contributed by atoms with Gasteiger partial charge in [-0.15, -0.1) is 0 Å². The van der Waals surface area contributed by atoms with Gasteiger partial charge in [0.05, 0.1) is 26.2 Å². The number of carbonyl (C=O) groups excluding carboxylic acids is 2. The number of carboxylic acids is 1. The van der Waals surface area contributed by atoms with Crippen molar-refractivity contribution in [3.63, 3.8) is 0 Å². The molecule has 0 radical (unpaired) electrons. The standard InChI is InChI=1S/C30H31NO7/c1-18-5-7-20(8-6-18)27-26(29(33)21-11-15-23(38-4)16-12-21)25(19-9-13-22(37-3)14-10-19)28(30(34)35)31(27)24(32)17-36-2/h5-16,25-28H,17H2,1-4H3,(H,34,35). The average Bonchev–Trinajstić information content (AvgIpc) is 3.30. The van der Waals surface area contributed by atoms with Gasteiger partial charge in [-0.1, -0.05) is 42.0 Å². The van der Waals surface area contributed by atoms with Gasteiger partial charge in [0.2, 0.25) is 5.91 Å². The molecular formula is C30H31NO7. The number of nitrogens with zero attached hydrogens (tertiary/aromatic N) is 1. The second-order valence-corrected chi connectivity index (χ2v) is 9.29. The van der Waals surface area contributed by atoms with Crippen LogP contribution in [0.4, 0.5) is 0 Å². The summed E-state index contributed by atoms with van der Waals surface area (Å²) in [5.74, 6) is -2.50. The van der Waals surface area contributed by atoms with Crippen LogP contribution in [0.15, 0.2) is 72.8 Å². The third-order valence-corrected chi connectivity index (χ3v) is 7.07. The highest BCUT2D eigenvalue weighted by atomic mass is 16.5. The largest absolute Gasteiger partial charge is 0.497 e. The minimum atomic E-state index is -1.30. The first-order chi connectivity index (χ1) is 18.3. The quantitative estimate of drug-likeness (QED) is 0.423. The van der Waals surface area contributed by atoms with Crippen LogP contribution in [0.5, 0.6) is 11.5 Å². The van der Waals surface area contributed by atoms with Gasteiger partial charge in [-0.25, -0.2) is 4.79 Å². The number of ketones is 1. The Morgan fingerprint density at radius 2 is 1.32 bits per heavy atom. The molecular weight excluding hydrogens is 486 g/mol. The lowest BCUT2D eigenvalue weighted by molar-refractivity contribution is -0.151. The van der Waals surface area contributed by atoms with Crippen molar-refractivity contribution in [2.24, 2.45) is 5.92 Å². The third-order valence-electron chi connectivity index (χ3n) is 7.07. The zero-order valence-electron chi connectivity index (χ0n) is 21.8. The molecule has 4 atom stereocenters. The van der Waals surface area contributed by atoms with E-state index in [4.69, 9.17) is 14.2 Å². The van der Waals surface area contributed by atoms with E-state index in [-0.39, 0.29) is 12.4 Å². The van der Waals surface area contributed by atoms with Gasteiger partial charge in [-0.3, -0.25) is 9.59 Å². The highest BCUT2D eigenvalue weighted by Gasteiger charge is 2.57. The van der Waals surface area contributed by atoms with E-state index >= 15 is 0 Å². The summed E-state index contributed by atoms with van der Waals surface area (Å²) in [5.41, 5.74) is 2.70. The predicted octanol–water partition coefficient (Wildman–Crippen LogP) is 4.28. The molecule has 1 amide bonds. The Bertz CT molecular complexity index is 1290. The molecule has 0 aliphatic carbocycles. The Kier molecular flexibility index (Phi) is 8.12. The molecule has 0 saturated carbocycles. The third kappa shape index (κ3) is 5.13. The Hall–Kier alpha value is -4.17. The molecule has 1 aliphatic rings. The second kappa shape index (κ2) is 11.5. The van der Waals surface area contributed by atoms with Gasteiger partial charge < -0.3 is 24.2 Å². The van der Waals surface area contributed by atoms with E-state index < -0.39 is 35.8 Å². The number of Topliss-reactive ketones (excluding diaryl/α,β-unsaturated/α-hetero) is 1. The van der Waals surface area contributed by atoms with Crippen molar-refractivity contribution in [2.45, 2.75) is 24.9 Å². The number of carbonyl (C=O) groups is 3. The molecule has 4 rings (SSSR count). The van der Waals surface area contributed by atoms with Gasteiger partial charge >= 0.3 is 5.97 Å². The maximum Gasteiger partial charge on any atom is 0.327 e. The molecule has 38 heavy (non-hydrogen) atoms. The number of likely N-dealkylation sites (tertiary alicyclic amines) is 1. The number of aryl methyl sites for hydroxylation is 1. The maximum absolute atomic E-state index is 14.3. The van der Waals surface area contributed by atoms with Crippen LogP contribution >= 0.6 is 0 Å². The first-order valence-electron chi connectivity index (χ1n) is 12.2. The molecule has 8 heteroatoms. The summed E-state index contributed by atoms with van der Waals surface area (Å²) in [6, 6.07) is 19.0. The van der Waals surface area contributed by atoms with E-state index in [0.717, 1.165) is 5.56 Å². The Labute approximate surface area is 221 Å². The fourth-order valence-corrected chi connectivity index (χ4v) is 5.29. The number of benzene rings is 3. The topological polar surface area (TPSA) is 102 Å². The molecule has 4 unspecified atom stereocenters. The van der Waals surface area contributed by atoms with Crippen molar-refractivity contribution in [3.8, 4) is 11.5 Å². The van der Waals surface area contributed by atoms with Crippen molar-refractivity contribution < 1.29 is 33.7 Å². The lowest BCUT2D eigenvalue weighted by Crippen LogP contribution is -2.45. The number of rotatable bonds is 9. The second-order valence-electron chi connectivity index (χ2n) is 9.29. The average molecular weight is 518 g/mol. The lowest BCUT2D eigenvalue weighted by atomic mass is 9.76. The molecule has 3 aromatic rings. The van der Waals surface area contributed by atoms with E-state index in [1.807, 2.05) is 31.2 Å². The summed E-state index contributed by atoms with van der Waals surface area (Å²) in [4.78, 5) is 41.9. The number of methoxy groups -OCH3 is 3. The van der Waals surface area contributed by atoms with Crippen molar-refractivity contribution in [2.75, 3.05) is 27.9 Å². The fraction of sp³-hybridized carbons (Fsp3) is 0.300. The molecule has 198 valence electrons. The van der Waals surface area contributed by atoms with Gasteiger partial charge in [0.15, 0.2) is 5.78 Å². The van der Waals surface area contributed by atoms with E-state index in [0.29, 0.717) is 28.2 Å². The van der Waals surface area contributed by atoms with Crippen LogP contribution in [0.25, 0.3) is 0 Å². The van der Waals surface area contributed by atoms with Crippen molar-refractivity contribution in [3.05, 3.63) is 95.1 Å². The van der Waals surface area contributed by atoms with Crippen LogP contribution in [-0.4, -0.2) is 61.6 Å². The summed E-state index contributed by atoms with van der Waals surface area (Å²) in [5, 5.41) is 10.5. The number of hydrogen-bond acceptors (Lipinski definition) is 6. The summed E-state index contributed by atoms with van der Waals surface area (Å²) in [6.07, 6.45) is 0. The van der Waals surface area contributed by atoms with Crippen LogP contribution < -0.4 is 9.47 Å². The normalized spacial score (nSPS) is 20.7. The predicted molar refractivity (Wildman–Crippen MR) is 141 cm³/mol. The van der Waals surface area contributed by atoms with Gasteiger partial charge in [0.1, 0.15) is 24.1 Å². The van der Waals surface area contributed by atoms with Crippen LogP contribution in [0.2, 0.25) is 0 Å². The lowest BCUT2D eigenvalue weighted by Gasteiger charge is -2.30. The smallest absolute Gasteiger partial charge is 0.327 e. The van der Waals surface area contributed by atoms with E-state index in [1.54, 1.807) is 55.6 Å². The number of hydrogen-bond donors (Lipinski definition) is 1. The van der Waals surface area contributed by atoms with Gasteiger partial charge in [0.25, 0.3) is 0 Å². The molecule has 1 heterocycles. The van der Waals surface area contributed by atoms with Crippen LogP contribution in [0, 0.1) is 12.8 Å². The number of ether oxygens (including phenoxy) is 3. The van der Waals surface area contributed by atoms with E-state index in [2.05, 4.69) is 0 Å². The number of amides is 1. The highest BCUT2D eigenvalue weighted by molar-refractivity contribution is 6.01. The highest BCUT2D eigenvalue weighted by Crippen LogP contribution is 2.51. The van der Waals surface area contributed by atoms with Gasteiger partial charge in [-0.2, -0.15) is 0 Å². The van der Waals surface area contributed by atoms with E-state index in [1.165, 1.54) is 19.1 Å². The molecule has 8 nitrogen and oxygen atoms in total. The number of carboxylic acid groups (broad SMARTS) is 1. The van der Waals surface area contributed by atoms with Gasteiger partial charge in [-0.05, 0) is 54.4 Å². The van der Waals surface area contributed by atoms with Crippen LogP contribution in [0.3, 0.4) is 0 Å². The molecule has 0 aromatic heterocycles.